The Hall–Kier alpha value is -1.74. The molecule has 3 heteroatoms. The van der Waals surface area contributed by atoms with Crippen molar-refractivity contribution in [2.24, 2.45) is 7.05 Å². The van der Waals surface area contributed by atoms with Crippen LogP contribution in [0.15, 0.2) is 42.6 Å². The first-order chi connectivity index (χ1) is 9.72. The maximum Gasteiger partial charge on any atom is 0.0553 e. The van der Waals surface area contributed by atoms with E-state index in [1.165, 1.54) is 16.9 Å². The highest BCUT2D eigenvalue weighted by Gasteiger charge is 2.02. The molecule has 0 spiro atoms. The minimum Gasteiger partial charge on any atom is -0.379 e. The summed E-state index contributed by atoms with van der Waals surface area (Å²) in [6.45, 7) is 8.49. The van der Waals surface area contributed by atoms with Gasteiger partial charge in [-0.25, -0.2) is 0 Å². The molecule has 0 saturated carbocycles. The first kappa shape index (κ1) is 14.7. The average molecular weight is 271 g/mol. The standard InChI is InChI=1S/C17H25N3/c1-4-20(5-2)14-15-8-6-9-16(12-15)18-13-17-10-7-11-19(17)3/h6-12,18H,4-5,13-14H2,1-3H3. The van der Waals surface area contributed by atoms with Crippen LogP contribution in [0, 0.1) is 0 Å². The molecule has 0 atom stereocenters. The fourth-order valence-electron chi connectivity index (χ4n) is 2.36. The largest absolute Gasteiger partial charge is 0.379 e. The summed E-state index contributed by atoms with van der Waals surface area (Å²) >= 11 is 0. The van der Waals surface area contributed by atoms with E-state index in [1.807, 2.05) is 0 Å². The molecule has 3 nitrogen and oxygen atoms in total. The minimum atomic E-state index is 0.859. The molecule has 1 N–H and O–H groups in total. The van der Waals surface area contributed by atoms with Crippen molar-refractivity contribution in [2.75, 3.05) is 18.4 Å². The van der Waals surface area contributed by atoms with Gasteiger partial charge in [0, 0.05) is 31.2 Å². The summed E-state index contributed by atoms with van der Waals surface area (Å²) in [5, 5.41) is 3.50. The highest BCUT2D eigenvalue weighted by molar-refractivity contribution is 5.46. The molecule has 1 aromatic heterocycles. The second kappa shape index (κ2) is 7.15. The van der Waals surface area contributed by atoms with Crippen molar-refractivity contribution < 1.29 is 0 Å². The zero-order valence-corrected chi connectivity index (χ0v) is 12.8. The summed E-state index contributed by atoms with van der Waals surface area (Å²) in [5.41, 5.74) is 3.85. The molecular formula is C17H25N3. The molecule has 0 fully saturated rings. The Labute approximate surface area is 122 Å². The Morgan fingerprint density at radius 2 is 1.90 bits per heavy atom. The van der Waals surface area contributed by atoms with Crippen LogP contribution in [0.5, 0.6) is 0 Å². The maximum atomic E-state index is 3.50. The number of anilines is 1. The molecular weight excluding hydrogens is 246 g/mol. The van der Waals surface area contributed by atoms with E-state index in [0.29, 0.717) is 0 Å². The van der Waals surface area contributed by atoms with E-state index < -0.39 is 0 Å². The van der Waals surface area contributed by atoms with E-state index in [-0.39, 0.29) is 0 Å². The van der Waals surface area contributed by atoms with Crippen LogP contribution in [0.2, 0.25) is 0 Å². The van der Waals surface area contributed by atoms with Crippen LogP contribution in [0.4, 0.5) is 5.69 Å². The highest BCUT2D eigenvalue weighted by atomic mass is 15.1. The van der Waals surface area contributed by atoms with E-state index in [4.69, 9.17) is 0 Å². The molecule has 0 saturated heterocycles. The third-order valence-corrected chi connectivity index (χ3v) is 3.75. The third kappa shape index (κ3) is 3.87. The molecule has 0 radical (unpaired) electrons. The van der Waals surface area contributed by atoms with Crippen LogP contribution < -0.4 is 5.32 Å². The smallest absolute Gasteiger partial charge is 0.0553 e. The quantitative estimate of drug-likeness (QED) is 0.832. The number of aryl methyl sites for hydroxylation is 1. The number of rotatable bonds is 7. The predicted molar refractivity (Wildman–Crippen MR) is 85.8 cm³/mol. The summed E-state index contributed by atoms with van der Waals surface area (Å²) in [4.78, 5) is 2.43. The van der Waals surface area contributed by atoms with Gasteiger partial charge in [0.1, 0.15) is 0 Å². The van der Waals surface area contributed by atoms with Crippen LogP contribution in [0.25, 0.3) is 0 Å². The molecule has 20 heavy (non-hydrogen) atoms. The van der Waals surface area contributed by atoms with Crippen LogP contribution in [0.3, 0.4) is 0 Å². The van der Waals surface area contributed by atoms with Gasteiger partial charge in [0.2, 0.25) is 0 Å². The van der Waals surface area contributed by atoms with E-state index in [1.54, 1.807) is 0 Å². The van der Waals surface area contributed by atoms with Crippen molar-refractivity contribution in [1.82, 2.24) is 9.47 Å². The highest BCUT2D eigenvalue weighted by Crippen LogP contribution is 2.14. The molecule has 0 aliphatic carbocycles. The Morgan fingerprint density at radius 3 is 2.55 bits per heavy atom. The van der Waals surface area contributed by atoms with Crippen molar-refractivity contribution in [1.29, 1.82) is 0 Å². The second-order valence-electron chi connectivity index (χ2n) is 5.13. The first-order valence-electron chi connectivity index (χ1n) is 7.38. The van der Waals surface area contributed by atoms with Gasteiger partial charge in [-0.15, -0.1) is 0 Å². The molecule has 0 unspecified atom stereocenters. The maximum absolute atomic E-state index is 3.50. The number of nitrogens with zero attached hydrogens (tertiary/aromatic N) is 2. The zero-order chi connectivity index (χ0) is 14.4. The molecule has 0 amide bonds. The monoisotopic (exact) mass is 271 g/mol. The summed E-state index contributed by atoms with van der Waals surface area (Å²) in [5.74, 6) is 0. The number of nitrogens with one attached hydrogen (secondary N) is 1. The zero-order valence-electron chi connectivity index (χ0n) is 12.8. The average Bonchev–Trinajstić information content (AvgIpc) is 2.88. The third-order valence-electron chi connectivity index (χ3n) is 3.75. The Morgan fingerprint density at radius 1 is 1.10 bits per heavy atom. The molecule has 2 aromatic rings. The van der Waals surface area contributed by atoms with Crippen molar-refractivity contribution in [2.45, 2.75) is 26.9 Å². The van der Waals surface area contributed by atoms with Crippen LogP contribution in [-0.4, -0.2) is 22.6 Å². The predicted octanol–water partition coefficient (Wildman–Crippen LogP) is 3.48. The number of hydrogen-bond acceptors (Lipinski definition) is 2. The second-order valence-corrected chi connectivity index (χ2v) is 5.13. The minimum absolute atomic E-state index is 0.859. The number of hydrogen-bond donors (Lipinski definition) is 1. The van der Waals surface area contributed by atoms with Crippen LogP contribution in [0.1, 0.15) is 25.1 Å². The van der Waals surface area contributed by atoms with Crippen molar-refractivity contribution >= 4 is 5.69 Å². The summed E-state index contributed by atoms with van der Waals surface area (Å²) in [7, 11) is 2.08. The van der Waals surface area contributed by atoms with Crippen molar-refractivity contribution in [3.8, 4) is 0 Å². The Balaban J connectivity index is 1.97. The Bertz CT molecular complexity index is 527. The van der Waals surface area contributed by atoms with Gasteiger partial charge in [-0.1, -0.05) is 26.0 Å². The summed E-state index contributed by atoms with van der Waals surface area (Å²) in [6, 6.07) is 12.9. The van der Waals surface area contributed by atoms with Gasteiger partial charge in [0.25, 0.3) is 0 Å². The fraction of sp³-hybridized carbons (Fsp3) is 0.412. The molecule has 2 rings (SSSR count). The normalized spacial score (nSPS) is 11.0. The van der Waals surface area contributed by atoms with Gasteiger partial charge in [-0.3, -0.25) is 4.90 Å². The molecule has 108 valence electrons. The van der Waals surface area contributed by atoms with Crippen molar-refractivity contribution in [3.63, 3.8) is 0 Å². The van der Waals surface area contributed by atoms with E-state index in [2.05, 4.69) is 78.3 Å². The SMILES string of the molecule is CCN(CC)Cc1cccc(NCc2cccn2C)c1. The van der Waals surface area contributed by atoms with Gasteiger partial charge >= 0.3 is 0 Å². The van der Waals surface area contributed by atoms with Gasteiger partial charge in [-0.05, 0) is 42.9 Å². The van der Waals surface area contributed by atoms with Crippen molar-refractivity contribution in [3.05, 3.63) is 53.9 Å². The van der Waals surface area contributed by atoms with Crippen LogP contribution >= 0.6 is 0 Å². The summed E-state index contributed by atoms with van der Waals surface area (Å²) < 4.78 is 2.15. The molecule has 1 aromatic carbocycles. The number of benzene rings is 1. The van der Waals surface area contributed by atoms with E-state index >= 15 is 0 Å². The lowest BCUT2D eigenvalue weighted by molar-refractivity contribution is 0.296. The molecule has 0 aliphatic rings. The molecule has 1 heterocycles. The Kier molecular flexibility index (Phi) is 5.24. The lowest BCUT2D eigenvalue weighted by Gasteiger charge is -2.18. The van der Waals surface area contributed by atoms with E-state index in [0.717, 1.165) is 26.2 Å². The molecule has 0 aliphatic heterocycles. The van der Waals surface area contributed by atoms with Gasteiger partial charge < -0.3 is 9.88 Å². The van der Waals surface area contributed by atoms with Gasteiger partial charge in [0.05, 0.1) is 6.54 Å². The number of aromatic nitrogens is 1. The van der Waals surface area contributed by atoms with Gasteiger partial charge in [-0.2, -0.15) is 0 Å². The lowest BCUT2D eigenvalue weighted by Crippen LogP contribution is -2.22. The topological polar surface area (TPSA) is 20.2 Å². The fourth-order valence-corrected chi connectivity index (χ4v) is 2.36. The first-order valence-corrected chi connectivity index (χ1v) is 7.38. The molecule has 0 bridgehead atoms. The van der Waals surface area contributed by atoms with Crippen LogP contribution in [-0.2, 0) is 20.1 Å². The summed E-state index contributed by atoms with van der Waals surface area (Å²) in [6.07, 6.45) is 2.08. The van der Waals surface area contributed by atoms with E-state index in [9.17, 15) is 0 Å². The lowest BCUT2D eigenvalue weighted by atomic mass is 10.2. The van der Waals surface area contributed by atoms with Gasteiger partial charge in [0.15, 0.2) is 0 Å².